The molecule has 1 fully saturated rings. The van der Waals surface area contributed by atoms with E-state index in [1.807, 2.05) is 25.2 Å². The molecule has 1 aromatic rings. The molecular weight excluding hydrogens is 222 g/mol. The van der Waals surface area contributed by atoms with Gasteiger partial charge in [0.1, 0.15) is 11.9 Å². The first-order valence-corrected chi connectivity index (χ1v) is 6.18. The number of benzene rings is 1. The van der Waals surface area contributed by atoms with Crippen LogP contribution < -0.4 is 10.1 Å². The summed E-state index contributed by atoms with van der Waals surface area (Å²) in [6.07, 6.45) is 3.83. The van der Waals surface area contributed by atoms with Crippen LogP contribution in [0.5, 0.6) is 5.75 Å². The fourth-order valence-corrected chi connectivity index (χ4v) is 2.42. The first-order chi connectivity index (χ1) is 7.70. The molecule has 88 valence electrons. The fraction of sp³-hybridized carbons (Fsp3) is 0.538. The van der Waals surface area contributed by atoms with Crippen molar-refractivity contribution in [3.8, 4) is 5.75 Å². The van der Waals surface area contributed by atoms with E-state index in [1.165, 1.54) is 12.8 Å². The minimum absolute atomic E-state index is 0.280. The van der Waals surface area contributed by atoms with Gasteiger partial charge in [-0.25, -0.2) is 0 Å². The maximum absolute atomic E-state index is 6.04. The van der Waals surface area contributed by atoms with E-state index < -0.39 is 0 Å². The monoisotopic (exact) mass is 239 g/mol. The molecule has 0 saturated heterocycles. The summed E-state index contributed by atoms with van der Waals surface area (Å²) >= 11 is 5.98. The van der Waals surface area contributed by atoms with E-state index in [1.54, 1.807) is 0 Å². The van der Waals surface area contributed by atoms with Crippen LogP contribution in [0.3, 0.4) is 0 Å². The van der Waals surface area contributed by atoms with Crippen molar-refractivity contribution in [1.29, 1.82) is 0 Å². The maximum atomic E-state index is 6.04. The van der Waals surface area contributed by atoms with Gasteiger partial charge in [-0.05, 0) is 50.9 Å². The van der Waals surface area contributed by atoms with Gasteiger partial charge in [0.05, 0.1) is 0 Å². The summed E-state index contributed by atoms with van der Waals surface area (Å²) in [5, 5.41) is 4.05. The van der Waals surface area contributed by atoms with Crippen molar-refractivity contribution in [2.75, 3.05) is 7.05 Å². The first-order valence-electron chi connectivity index (χ1n) is 5.81. The molecule has 1 N–H and O–H groups in total. The normalized spacial score (nSPS) is 24.7. The highest BCUT2D eigenvalue weighted by Gasteiger charge is 2.27. The van der Waals surface area contributed by atoms with Crippen molar-refractivity contribution >= 4 is 11.6 Å². The minimum Gasteiger partial charge on any atom is -0.488 e. The number of likely N-dealkylation sites (N-methyl/N-ethyl adjacent to an activating group) is 1. The van der Waals surface area contributed by atoms with Gasteiger partial charge in [0, 0.05) is 11.1 Å². The van der Waals surface area contributed by atoms with Crippen LogP contribution in [0.25, 0.3) is 0 Å². The molecule has 2 atom stereocenters. The lowest BCUT2D eigenvalue weighted by atomic mass is 10.2. The van der Waals surface area contributed by atoms with Gasteiger partial charge in [0.25, 0.3) is 0 Å². The number of ether oxygens (including phenoxy) is 1. The van der Waals surface area contributed by atoms with Gasteiger partial charge in [-0.1, -0.05) is 17.7 Å². The Morgan fingerprint density at radius 3 is 2.94 bits per heavy atom. The van der Waals surface area contributed by atoms with E-state index in [4.69, 9.17) is 16.3 Å². The molecule has 1 aromatic carbocycles. The Morgan fingerprint density at radius 2 is 2.19 bits per heavy atom. The van der Waals surface area contributed by atoms with Gasteiger partial charge >= 0.3 is 0 Å². The van der Waals surface area contributed by atoms with Crippen LogP contribution >= 0.6 is 11.6 Å². The topological polar surface area (TPSA) is 21.3 Å². The Kier molecular flexibility index (Phi) is 3.72. The quantitative estimate of drug-likeness (QED) is 0.875. The largest absolute Gasteiger partial charge is 0.488 e. The predicted octanol–water partition coefficient (Wildman–Crippen LogP) is 3.17. The summed E-state index contributed by atoms with van der Waals surface area (Å²) in [7, 11) is 2.00. The highest BCUT2D eigenvalue weighted by Crippen LogP contribution is 2.28. The molecule has 0 bridgehead atoms. The average Bonchev–Trinajstić information content (AvgIpc) is 2.71. The second-order valence-corrected chi connectivity index (χ2v) is 4.83. The van der Waals surface area contributed by atoms with E-state index in [-0.39, 0.29) is 6.10 Å². The smallest absolute Gasteiger partial charge is 0.124 e. The summed E-state index contributed by atoms with van der Waals surface area (Å²) in [4.78, 5) is 0. The Hall–Kier alpha value is -0.730. The number of nitrogens with one attached hydrogen (secondary N) is 1. The number of hydrogen-bond donors (Lipinski definition) is 1. The number of rotatable bonds is 3. The second-order valence-electron chi connectivity index (χ2n) is 4.39. The molecule has 1 saturated carbocycles. The molecule has 1 aliphatic rings. The van der Waals surface area contributed by atoms with Crippen LogP contribution in [0.15, 0.2) is 18.2 Å². The fourth-order valence-electron chi connectivity index (χ4n) is 2.26. The average molecular weight is 240 g/mol. The highest BCUT2D eigenvalue weighted by atomic mass is 35.5. The SMILES string of the molecule is CNC1CCCC1Oc1cc(Cl)ccc1C. The van der Waals surface area contributed by atoms with Gasteiger partial charge < -0.3 is 10.1 Å². The molecule has 2 rings (SSSR count). The summed E-state index contributed by atoms with van der Waals surface area (Å²) < 4.78 is 6.04. The van der Waals surface area contributed by atoms with Crippen molar-refractivity contribution in [2.24, 2.45) is 0 Å². The van der Waals surface area contributed by atoms with Gasteiger partial charge in [-0.3, -0.25) is 0 Å². The third-order valence-electron chi connectivity index (χ3n) is 3.25. The Bertz CT molecular complexity index is 367. The molecule has 0 aromatic heterocycles. The van der Waals surface area contributed by atoms with Crippen molar-refractivity contribution < 1.29 is 4.74 Å². The van der Waals surface area contributed by atoms with E-state index in [0.29, 0.717) is 6.04 Å². The standard InChI is InChI=1S/C13H18ClNO/c1-9-6-7-10(14)8-13(9)16-12-5-3-4-11(12)15-2/h6-8,11-12,15H,3-5H2,1-2H3. The third kappa shape index (κ3) is 2.50. The zero-order valence-electron chi connectivity index (χ0n) is 9.79. The van der Waals surface area contributed by atoms with Crippen LogP contribution in [-0.2, 0) is 0 Å². The molecule has 2 unspecified atom stereocenters. The summed E-state index contributed by atoms with van der Waals surface area (Å²) in [5.41, 5.74) is 1.14. The van der Waals surface area contributed by atoms with E-state index in [9.17, 15) is 0 Å². The Morgan fingerprint density at radius 1 is 1.38 bits per heavy atom. The van der Waals surface area contributed by atoms with Gasteiger partial charge in [0.2, 0.25) is 0 Å². The molecule has 0 spiro atoms. The maximum Gasteiger partial charge on any atom is 0.124 e. The van der Waals surface area contributed by atoms with Crippen LogP contribution in [0.2, 0.25) is 5.02 Å². The van der Waals surface area contributed by atoms with E-state index >= 15 is 0 Å². The van der Waals surface area contributed by atoms with Crippen LogP contribution in [0, 0.1) is 6.92 Å². The Labute approximate surface area is 102 Å². The third-order valence-corrected chi connectivity index (χ3v) is 3.49. The molecule has 1 aliphatic carbocycles. The lowest BCUT2D eigenvalue weighted by Gasteiger charge is -2.21. The van der Waals surface area contributed by atoms with Crippen molar-refractivity contribution in [1.82, 2.24) is 5.32 Å². The molecule has 16 heavy (non-hydrogen) atoms. The van der Waals surface area contributed by atoms with Crippen molar-refractivity contribution in [3.63, 3.8) is 0 Å². The van der Waals surface area contributed by atoms with Crippen LogP contribution in [0.4, 0.5) is 0 Å². The van der Waals surface area contributed by atoms with Gasteiger partial charge in [0.15, 0.2) is 0 Å². The predicted molar refractivity (Wildman–Crippen MR) is 67.3 cm³/mol. The van der Waals surface area contributed by atoms with Crippen LogP contribution in [0.1, 0.15) is 24.8 Å². The summed E-state index contributed by atoms with van der Waals surface area (Å²) in [5.74, 6) is 0.916. The number of hydrogen-bond acceptors (Lipinski definition) is 2. The van der Waals surface area contributed by atoms with E-state index in [2.05, 4.69) is 12.2 Å². The number of halogens is 1. The molecule has 0 radical (unpaired) electrons. The zero-order valence-corrected chi connectivity index (χ0v) is 10.6. The Balaban J connectivity index is 2.11. The molecule has 2 nitrogen and oxygen atoms in total. The lowest BCUT2D eigenvalue weighted by Crippen LogP contribution is -2.36. The molecule has 0 heterocycles. The van der Waals surface area contributed by atoms with Crippen molar-refractivity contribution in [3.05, 3.63) is 28.8 Å². The van der Waals surface area contributed by atoms with Gasteiger partial charge in [-0.2, -0.15) is 0 Å². The second kappa shape index (κ2) is 5.07. The zero-order chi connectivity index (χ0) is 11.5. The van der Waals surface area contributed by atoms with E-state index in [0.717, 1.165) is 22.8 Å². The lowest BCUT2D eigenvalue weighted by molar-refractivity contribution is 0.178. The molecule has 0 aliphatic heterocycles. The van der Waals surface area contributed by atoms with Crippen molar-refractivity contribution in [2.45, 2.75) is 38.3 Å². The molecule has 0 amide bonds. The summed E-state index contributed by atoms with van der Waals surface area (Å²) in [6.45, 7) is 2.05. The molecular formula is C13H18ClNO. The number of aryl methyl sites for hydroxylation is 1. The van der Waals surface area contributed by atoms with Gasteiger partial charge in [-0.15, -0.1) is 0 Å². The highest BCUT2D eigenvalue weighted by molar-refractivity contribution is 6.30. The molecule has 3 heteroatoms. The first kappa shape index (κ1) is 11.7. The minimum atomic E-state index is 0.280. The summed E-state index contributed by atoms with van der Waals surface area (Å²) in [6, 6.07) is 6.27. The van der Waals surface area contributed by atoms with Crippen LogP contribution in [-0.4, -0.2) is 19.2 Å².